The zero-order chi connectivity index (χ0) is 12.0. The summed E-state index contributed by atoms with van der Waals surface area (Å²) in [6.45, 7) is 14.3. The first-order valence-corrected chi connectivity index (χ1v) is 8.13. The zero-order valence-electron chi connectivity index (χ0n) is 10.8. The summed E-state index contributed by atoms with van der Waals surface area (Å²) in [6.07, 6.45) is 0. The normalized spacial score (nSPS) is 15.9. The zero-order valence-corrected chi connectivity index (χ0v) is 11.8. The number of alkyl halides is 2. The molecule has 0 rings (SSSR count). The van der Waals surface area contributed by atoms with Gasteiger partial charge in [-0.2, -0.15) is 0 Å². The molecule has 0 fully saturated rings. The smallest absolute Gasteiger partial charge is 0.211 e. The van der Waals surface area contributed by atoms with Crippen molar-refractivity contribution in [1.29, 1.82) is 0 Å². The van der Waals surface area contributed by atoms with Crippen LogP contribution < -0.4 is 0 Å². The van der Waals surface area contributed by atoms with E-state index in [-0.39, 0.29) is 5.04 Å². The second-order valence-corrected chi connectivity index (χ2v) is 12.1. The molecule has 0 bridgehead atoms. The maximum Gasteiger partial charge on any atom is 0.234 e. The minimum Gasteiger partial charge on any atom is -0.211 e. The lowest BCUT2D eigenvalue weighted by Crippen LogP contribution is -2.60. The Balaban J connectivity index is 5.30. The Morgan fingerprint density at radius 3 is 1.14 bits per heavy atom. The highest BCUT2D eigenvalue weighted by Crippen LogP contribution is 2.52. The average molecular weight is 222 g/mol. The first-order valence-electron chi connectivity index (χ1n) is 5.13. The van der Waals surface area contributed by atoms with E-state index in [1.807, 2.05) is 20.8 Å². The molecule has 0 aromatic heterocycles. The summed E-state index contributed by atoms with van der Waals surface area (Å²) in [5.74, 6) is 0. The van der Waals surface area contributed by atoms with Crippen molar-refractivity contribution in [1.82, 2.24) is 0 Å². The molecule has 14 heavy (non-hydrogen) atoms. The van der Waals surface area contributed by atoms with E-state index in [1.54, 1.807) is 33.9 Å². The second kappa shape index (κ2) is 3.29. The third-order valence-electron chi connectivity index (χ3n) is 3.60. The van der Waals surface area contributed by atoms with Gasteiger partial charge in [-0.3, -0.25) is 0 Å². The molecule has 0 spiro atoms. The third-order valence-corrected chi connectivity index (χ3v) is 9.67. The summed E-state index contributed by atoms with van der Waals surface area (Å²) in [5.41, 5.74) is -3.48. The molecule has 86 valence electrons. The number of hydrogen-bond acceptors (Lipinski definition) is 0. The van der Waals surface area contributed by atoms with Crippen molar-refractivity contribution in [2.45, 2.75) is 65.2 Å². The van der Waals surface area contributed by atoms with Gasteiger partial charge in [0.15, 0.2) is 0 Å². The van der Waals surface area contributed by atoms with Crippen LogP contribution in [0.4, 0.5) is 8.78 Å². The fraction of sp³-hybridized carbons (Fsp3) is 1.00. The summed E-state index contributed by atoms with van der Waals surface area (Å²) in [4.78, 5) is 0. The van der Waals surface area contributed by atoms with Crippen molar-refractivity contribution in [3.63, 3.8) is 0 Å². The van der Waals surface area contributed by atoms with E-state index in [1.165, 1.54) is 0 Å². The molecule has 0 N–H and O–H groups in total. The summed E-state index contributed by atoms with van der Waals surface area (Å²) in [5, 5.41) is -0.274. The first-order chi connectivity index (χ1) is 5.75. The van der Waals surface area contributed by atoms with E-state index in [9.17, 15) is 8.78 Å². The van der Waals surface area contributed by atoms with Crippen molar-refractivity contribution in [2.75, 3.05) is 0 Å². The highest BCUT2D eigenvalue weighted by molar-refractivity contribution is 6.82. The molecule has 0 radical (unpaired) electrons. The number of rotatable bonds is 1. The van der Waals surface area contributed by atoms with Crippen LogP contribution in [0, 0.1) is 5.41 Å². The van der Waals surface area contributed by atoms with Gasteiger partial charge in [0.2, 0.25) is 5.55 Å². The Bertz CT molecular complexity index is 182. The molecule has 0 heterocycles. The van der Waals surface area contributed by atoms with Gasteiger partial charge in [0, 0.05) is 5.41 Å². The molecule has 0 saturated heterocycles. The molecule has 0 saturated carbocycles. The lowest BCUT2D eigenvalue weighted by molar-refractivity contribution is -0.0305. The van der Waals surface area contributed by atoms with E-state index in [0.29, 0.717) is 0 Å². The van der Waals surface area contributed by atoms with E-state index >= 15 is 0 Å². The van der Waals surface area contributed by atoms with Crippen LogP contribution in [-0.4, -0.2) is 13.6 Å². The van der Waals surface area contributed by atoms with Crippen LogP contribution in [0.25, 0.3) is 0 Å². The standard InChI is InChI=1S/C11H24F2Si/c1-9(2,3)11(12,13)14(7,8)10(4,5)6/h1-8H3. The van der Waals surface area contributed by atoms with Crippen molar-refractivity contribution < 1.29 is 8.78 Å². The van der Waals surface area contributed by atoms with Gasteiger partial charge in [-0.25, -0.2) is 8.78 Å². The van der Waals surface area contributed by atoms with Crippen LogP contribution in [0.2, 0.25) is 18.1 Å². The molecule has 3 heteroatoms. The van der Waals surface area contributed by atoms with E-state index in [4.69, 9.17) is 0 Å². The van der Waals surface area contributed by atoms with Gasteiger partial charge in [0.1, 0.15) is 8.07 Å². The minimum absolute atomic E-state index is 0.274. The molecular formula is C11H24F2Si. The molecule has 0 atom stereocenters. The summed E-state index contributed by atoms with van der Waals surface area (Å²) >= 11 is 0. The van der Waals surface area contributed by atoms with Crippen LogP contribution in [-0.2, 0) is 0 Å². The Hall–Kier alpha value is 0.0769. The van der Waals surface area contributed by atoms with Crippen molar-refractivity contribution in [3.05, 3.63) is 0 Å². The lowest BCUT2D eigenvalue weighted by atomic mass is 9.97. The second-order valence-electron chi connectivity index (χ2n) is 6.70. The molecule has 0 nitrogen and oxygen atoms in total. The van der Waals surface area contributed by atoms with Gasteiger partial charge >= 0.3 is 0 Å². The van der Waals surface area contributed by atoms with Crippen molar-refractivity contribution >= 4 is 8.07 Å². The molecule has 0 amide bonds. The van der Waals surface area contributed by atoms with Crippen molar-refractivity contribution in [2.24, 2.45) is 5.41 Å². The predicted molar refractivity (Wildman–Crippen MR) is 61.6 cm³/mol. The van der Waals surface area contributed by atoms with Gasteiger partial charge < -0.3 is 0 Å². The summed E-state index contributed by atoms with van der Waals surface area (Å²) in [7, 11) is -2.60. The van der Waals surface area contributed by atoms with Crippen LogP contribution in [0.3, 0.4) is 0 Å². The van der Waals surface area contributed by atoms with Crippen molar-refractivity contribution in [3.8, 4) is 0 Å². The molecule has 0 aliphatic heterocycles. The predicted octanol–water partition coefficient (Wildman–Crippen LogP) is 4.72. The lowest BCUT2D eigenvalue weighted by Gasteiger charge is -2.48. The third kappa shape index (κ3) is 2.02. The van der Waals surface area contributed by atoms with E-state index in [0.717, 1.165) is 0 Å². The van der Waals surface area contributed by atoms with Crippen LogP contribution in [0.1, 0.15) is 41.5 Å². The highest BCUT2D eigenvalue weighted by Gasteiger charge is 2.60. The molecule has 0 unspecified atom stereocenters. The minimum atomic E-state index is -2.60. The highest BCUT2D eigenvalue weighted by atomic mass is 28.3. The first kappa shape index (κ1) is 14.1. The molecule has 0 aromatic carbocycles. The van der Waals surface area contributed by atoms with E-state index < -0.39 is 19.0 Å². The Kier molecular flexibility index (Phi) is 3.31. The topological polar surface area (TPSA) is 0 Å². The maximum atomic E-state index is 14.3. The van der Waals surface area contributed by atoms with Gasteiger partial charge in [-0.1, -0.05) is 54.6 Å². The van der Waals surface area contributed by atoms with Gasteiger partial charge in [-0.05, 0) is 5.04 Å². The number of hydrogen-bond donors (Lipinski definition) is 0. The molecule has 0 aromatic rings. The van der Waals surface area contributed by atoms with Crippen LogP contribution >= 0.6 is 0 Å². The van der Waals surface area contributed by atoms with Crippen LogP contribution in [0.15, 0.2) is 0 Å². The maximum absolute atomic E-state index is 14.3. The monoisotopic (exact) mass is 222 g/mol. The number of halogens is 2. The van der Waals surface area contributed by atoms with Gasteiger partial charge in [0.05, 0.1) is 0 Å². The molecule has 0 aliphatic carbocycles. The van der Waals surface area contributed by atoms with Gasteiger partial charge in [0.25, 0.3) is 0 Å². The molecule has 0 aliphatic rings. The van der Waals surface area contributed by atoms with Gasteiger partial charge in [-0.15, -0.1) is 0 Å². The molecular weight excluding hydrogens is 198 g/mol. The quantitative estimate of drug-likeness (QED) is 0.563. The fourth-order valence-electron chi connectivity index (χ4n) is 1.41. The largest absolute Gasteiger partial charge is 0.234 e. The summed E-state index contributed by atoms with van der Waals surface area (Å²) < 4.78 is 28.5. The average Bonchev–Trinajstić information content (AvgIpc) is 1.81. The fourth-order valence-corrected chi connectivity index (χ4v) is 4.23. The van der Waals surface area contributed by atoms with E-state index in [2.05, 4.69) is 0 Å². The SMILES string of the molecule is CC(C)(C)C(F)(F)[Si](C)(C)C(C)(C)C. The Morgan fingerprint density at radius 2 is 1.07 bits per heavy atom. The van der Waals surface area contributed by atoms with Crippen LogP contribution in [0.5, 0.6) is 0 Å². The summed E-state index contributed by atoms with van der Waals surface area (Å²) in [6, 6.07) is 0. The Morgan fingerprint density at radius 1 is 0.786 bits per heavy atom. The Labute approximate surface area is 88.1 Å².